The number of anilines is 2. The van der Waals surface area contributed by atoms with Crippen molar-refractivity contribution in [3.8, 4) is 0 Å². The van der Waals surface area contributed by atoms with Crippen LogP contribution < -0.4 is 10.6 Å². The van der Waals surface area contributed by atoms with Gasteiger partial charge in [-0.05, 0) is 31.2 Å². The number of nitrogens with one attached hydrogen (secondary N) is 2. The molecule has 24 heavy (non-hydrogen) atoms. The number of carbonyl (C=O) groups is 2. The molecule has 1 atom stereocenters. The Hall–Kier alpha value is -2.38. The third-order valence-electron chi connectivity index (χ3n) is 3.26. The summed E-state index contributed by atoms with van der Waals surface area (Å²) in [5, 5.41) is 9.91. The lowest BCUT2D eigenvalue weighted by atomic mass is 10.2. The number of hydrogen-bond donors (Lipinski definition) is 2. The largest absolute Gasteiger partial charge is 0.375 e. The highest BCUT2D eigenvalue weighted by atomic mass is 35.5. The van der Waals surface area contributed by atoms with Gasteiger partial charge >= 0.3 is 0 Å². The van der Waals surface area contributed by atoms with Crippen LogP contribution in [0.3, 0.4) is 0 Å². The van der Waals surface area contributed by atoms with Crippen LogP contribution in [0, 0.1) is 0 Å². The van der Waals surface area contributed by atoms with E-state index >= 15 is 0 Å². The predicted octanol–water partition coefficient (Wildman–Crippen LogP) is 2.71. The molecule has 0 radical (unpaired) electrons. The van der Waals surface area contributed by atoms with Crippen molar-refractivity contribution in [2.24, 2.45) is 0 Å². The molecule has 1 aromatic heterocycles. The van der Waals surface area contributed by atoms with Gasteiger partial charge in [-0.15, -0.1) is 0 Å². The monoisotopic (exact) mass is 350 g/mol. The van der Waals surface area contributed by atoms with E-state index in [1.54, 1.807) is 41.3 Å². The number of amides is 2. The quantitative estimate of drug-likeness (QED) is 0.804. The molecule has 0 saturated heterocycles. The summed E-state index contributed by atoms with van der Waals surface area (Å²) in [7, 11) is 1.44. The number of ether oxygens (including phenoxy) is 1. The minimum Gasteiger partial charge on any atom is -0.375 e. The molecule has 128 valence electrons. The van der Waals surface area contributed by atoms with Gasteiger partial charge in [0.25, 0.3) is 0 Å². The van der Waals surface area contributed by atoms with Crippen molar-refractivity contribution in [3.05, 3.63) is 41.7 Å². The highest BCUT2D eigenvalue weighted by molar-refractivity contribution is 6.33. The summed E-state index contributed by atoms with van der Waals surface area (Å²) < 4.78 is 6.47. The Morgan fingerprint density at radius 3 is 2.79 bits per heavy atom. The molecule has 0 aliphatic heterocycles. The number of methoxy groups -OCH3 is 1. The van der Waals surface area contributed by atoms with Crippen LogP contribution in [0.5, 0.6) is 0 Å². The van der Waals surface area contributed by atoms with Gasteiger partial charge in [-0.3, -0.25) is 14.3 Å². The fraction of sp³-hybridized carbons (Fsp3) is 0.312. The predicted molar refractivity (Wildman–Crippen MR) is 92.1 cm³/mol. The molecule has 0 bridgehead atoms. The topological polar surface area (TPSA) is 85.3 Å². The van der Waals surface area contributed by atoms with Crippen molar-refractivity contribution in [1.82, 2.24) is 9.78 Å². The molecule has 0 aliphatic rings. The number of nitrogens with zero attached hydrogens (tertiary/aromatic N) is 2. The zero-order chi connectivity index (χ0) is 17.5. The average molecular weight is 351 g/mol. The van der Waals surface area contributed by atoms with E-state index in [0.29, 0.717) is 16.4 Å². The molecular weight excluding hydrogens is 332 g/mol. The van der Waals surface area contributed by atoms with Crippen LogP contribution in [0.2, 0.25) is 5.02 Å². The molecule has 2 N–H and O–H groups in total. The van der Waals surface area contributed by atoms with Gasteiger partial charge < -0.3 is 15.4 Å². The third kappa shape index (κ3) is 5.07. The van der Waals surface area contributed by atoms with Crippen molar-refractivity contribution in [3.63, 3.8) is 0 Å². The minimum atomic E-state index is -0.288. The summed E-state index contributed by atoms with van der Waals surface area (Å²) >= 11 is 6.10. The molecule has 8 heteroatoms. The number of benzene rings is 1. The molecule has 0 saturated carbocycles. The summed E-state index contributed by atoms with van der Waals surface area (Å²) in [5.74, 6) is -0.482. The normalized spacial score (nSPS) is 11.8. The summed E-state index contributed by atoms with van der Waals surface area (Å²) in [4.78, 5) is 23.7. The molecule has 0 spiro atoms. The first-order valence-electron chi connectivity index (χ1n) is 7.37. The lowest BCUT2D eigenvalue weighted by Gasteiger charge is -2.14. The fourth-order valence-electron chi connectivity index (χ4n) is 2.13. The molecule has 1 aromatic carbocycles. The maximum atomic E-state index is 12.2. The third-order valence-corrected chi connectivity index (χ3v) is 3.59. The molecule has 2 amide bonds. The lowest BCUT2D eigenvalue weighted by Crippen LogP contribution is -2.19. The van der Waals surface area contributed by atoms with Gasteiger partial charge in [0.05, 0.1) is 16.8 Å². The second-order valence-corrected chi connectivity index (χ2v) is 5.67. The van der Waals surface area contributed by atoms with Crippen LogP contribution in [-0.4, -0.2) is 35.3 Å². The first-order chi connectivity index (χ1) is 11.5. The van der Waals surface area contributed by atoms with Gasteiger partial charge in [-0.1, -0.05) is 11.6 Å². The van der Waals surface area contributed by atoms with E-state index in [-0.39, 0.29) is 30.9 Å². The molecule has 1 unspecified atom stereocenters. The Bertz CT molecular complexity index is 703. The maximum absolute atomic E-state index is 12.2. The average Bonchev–Trinajstić information content (AvgIpc) is 3.05. The Morgan fingerprint density at radius 1 is 1.33 bits per heavy atom. The van der Waals surface area contributed by atoms with Gasteiger partial charge in [0.15, 0.2) is 0 Å². The Labute approximate surface area is 144 Å². The molecule has 7 nitrogen and oxygen atoms in total. The fourth-order valence-corrected chi connectivity index (χ4v) is 2.30. The van der Waals surface area contributed by atoms with Crippen molar-refractivity contribution >= 4 is 34.8 Å². The second kappa shape index (κ2) is 8.47. The molecule has 2 rings (SSSR count). The highest BCUT2D eigenvalue weighted by Gasteiger charge is 2.13. The SMILES string of the molecule is COCC(=O)Nc1ccc(Cl)c(NC(=O)CC(C)n2cccn2)c1. The molecule has 0 aliphatic carbocycles. The maximum Gasteiger partial charge on any atom is 0.250 e. The number of carbonyl (C=O) groups excluding carboxylic acids is 2. The van der Waals surface area contributed by atoms with Gasteiger partial charge in [0, 0.05) is 31.6 Å². The van der Waals surface area contributed by atoms with E-state index in [1.165, 1.54) is 7.11 Å². The van der Waals surface area contributed by atoms with Crippen molar-refractivity contribution in [2.45, 2.75) is 19.4 Å². The second-order valence-electron chi connectivity index (χ2n) is 5.26. The zero-order valence-electron chi connectivity index (χ0n) is 13.5. The van der Waals surface area contributed by atoms with E-state index in [2.05, 4.69) is 15.7 Å². The van der Waals surface area contributed by atoms with Gasteiger partial charge in [-0.25, -0.2) is 0 Å². The number of hydrogen-bond acceptors (Lipinski definition) is 4. The van der Waals surface area contributed by atoms with Crippen molar-refractivity contribution in [1.29, 1.82) is 0 Å². The minimum absolute atomic E-state index is 0.0499. The summed E-state index contributed by atoms with van der Waals surface area (Å²) in [6.07, 6.45) is 3.71. The van der Waals surface area contributed by atoms with Crippen LogP contribution in [0.15, 0.2) is 36.7 Å². The van der Waals surface area contributed by atoms with Crippen LogP contribution >= 0.6 is 11.6 Å². The summed E-state index contributed by atoms with van der Waals surface area (Å²) in [6.45, 7) is 1.85. The summed E-state index contributed by atoms with van der Waals surface area (Å²) in [5.41, 5.74) is 0.960. The molecular formula is C16H19ClN4O3. The summed E-state index contributed by atoms with van der Waals surface area (Å²) in [6, 6.07) is 6.58. The van der Waals surface area contributed by atoms with E-state index in [4.69, 9.17) is 16.3 Å². The Kier molecular flexibility index (Phi) is 6.34. The van der Waals surface area contributed by atoms with Crippen LogP contribution in [0.1, 0.15) is 19.4 Å². The molecule has 1 heterocycles. The standard InChI is InChI=1S/C16H19ClN4O3/c1-11(21-7-3-6-18-21)8-15(22)20-14-9-12(4-5-13(14)17)19-16(23)10-24-2/h3-7,9,11H,8,10H2,1-2H3,(H,19,23)(H,20,22). The van der Waals surface area contributed by atoms with Gasteiger partial charge in [0.2, 0.25) is 11.8 Å². The number of halogens is 1. The Morgan fingerprint density at radius 2 is 2.12 bits per heavy atom. The van der Waals surface area contributed by atoms with Crippen LogP contribution in [-0.2, 0) is 14.3 Å². The first kappa shape index (κ1) is 18.0. The van der Waals surface area contributed by atoms with Crippen molar-refractivity contribution in [2.75, 3.05) is 24.4 Å². The van der Waals surface area contributed by atoms with Gasteiger partial charge in [0.1, 0.15) is 6.61 Å². The van der Waals surface area contributed by atoms with E-state index in [1.807, 2.05) is 6.92 Å². The number of aromatic nitrogens is 2. The number of rotatable bonds is 7. The van der Waals surface area contributed by atoms with E-state index in [9.17, 15) is 9.59 Å². The van der Waals surface area contributed by atoms with Crippen molar-refractivity contribution < 1.29 is 14.3 Å². The van der Waals surface area contributed by atoms with E-state index < -0.39 is 0 Å². The first-order valence-corrected chi connectivity index (χ1v) is 7.74. The van der Waals surface area contributed by atoms with Gasteiger partial charge in [-0.2, -0.15) is 5.10 Å². The smallest absolute Gasteiger partial charge is 0.250 e. The lowest BCUT2D eigenvalue weighted by molar-refractivity contribution is -0.119. The van der Waals surface area contributed by atoms with Crippen LogP contribution in [0.4, 0.5) is 11.4 Å². The molecule has 0 fully saturated rings. The van der Waals surface area contributed by atoms with Crippen LogP contribution in [0.25, 0.3) is 0 Å². The van der Waals surface area contributed by atoms with E-state index in [0.717, 1.165) is 0 Å². The zero-order valence-corrected chi connectivity index (χ0v) is 14.2. The highest BCUT2D eigenvalue weighted by Crippen LogP contribution is 2.26. The Balaban J connectivity index is 2.00. The molecule has 2 aromatic rings.